The van der Waals surface area contributed by atoms with Crippen molar-refractivity contribution < 1.29 is 14.6 Å². The molecule has 0 spiro atoms. The first-order chi connectivity index (χ1) is 9.72. The molecule has 0 unspecified atom stereocenters. The molecule has 0 aromatic heterocycles. The van der Waals surface area contributed by atoms with Gasteiger partial charge in [0.1, 0.15) is 0 Å². The minimum Gasteiger partial charge on any atom is -0.465 e. The number of methoxy groups -OCH3 is 1. The minimum absolute atomic E-state index is 0.0545. The third-order valence-electron chi connectivity index (χ3n) is 2.96. The molecule has 2 aromatic rings. The van der Waals surface area contributed by atoms with Crippen LogP contribution in [0.4, 0.5) is 0 Å². The quantitative estimate of drug-likeness (QED) is 0.684. The summed E-state index contributed by atoms with van der Waals surface area (Å²) in [5, 5.41) is 8.97. The summed E-state index contributed by atoms with van der Waals surface area (Å²) in [6.45, 7) is 0.0545. The predicted octanol–water partition coefficient (Wildman–Crippen LogP) is 3.14. The van der Waals surface area contributed by atoms with Gasteiger partial charge in [0.25, 0.3) is 0 Å². The first-order valence-electron chi connectivity index (χ1n) is 6.29. The molecule has 0 amide bonds. The van der Waals surface area contributed by atoms with Crippen molar-refractivity contribution in [3.63, 3.8) is 0 Å². The van der Waals surface area contributed by atoms with E-state index in [1.807, 2.05) is 48.6 Å². The highest BCUT2D eigenvalue weighted by Crippen LogP contribution is 2.11. The van der Waals surface area contributed by atoms with E-state index in [-0.39, 0.29) is 12.6 Å². The van der Waals surface area contributed by atoms with Crippen LogP contribution >= 0.6 is 0 Å². The SMILES string of the molecule is COC(=O)c1ccc(/C=C/c2ccc(CO)cc2)cc1. The largest absolute Gasteiger partial charge is 0.465 e. The third-order valence-corrected chi connectivity index (χ3v) is 2.96. The molecule has 2 rings (SSSR count). The zero-order valence-electron chi connectivity index (χ0n) is 11.2. The standard InChI is InChI=1S/C17H16O3/c1-20-17(19)16-10-8-14(9-11-16)3-2-13-4-6-15(12-18)7-5-13/h2-11,18H,12H2,1H3/b3-2+. The van der Waals surface area contributed by atoms with Gasteiger partial charge in [-0.1, -0.05) is 48.6 Å². The van der Waals surface area contributed by atoms with Gasteiger partial charge in [-0.05, 0) is 28.8 Å². The maximum Gasteiger partial charge on any atom is 0.337 e. The normalized spacial score (nSPS) is 10.7. The maximum absolute atomic E-state index is 11.3. The fraction of sp³-hybridized carbons (Fsp3) is 0.118. The van der Waals surface area contributed by atoms with Gasteiger partial charge in [-0.2, -0.15) is 0 Å². The lowest BCUT2D eigenvalue weighted by molar-refractivity contribution is 0.0600. The van der Waals surface area contributed by atoms with Crippen LogP contribution < -0.4 is 0 Å². The molecule has 0 radical (unpaired) electrons. The fourth-order valence-corrected chi connectivity index (χ4v) is 1.77. The number of rotatable bonds is 4. The molecule has 0 atom stereocenters. The molecular weight excluding hydrogens is 252 g/mol. The van der Waals surface area contributed by atoms with Crippen molar-refractivity contribution in [1.82, 2.24) is 0 Å². The van der Waals surface area contributed by atoms with E-state index in [4.69, 9.17) is 5.11 Å². The van der Waals surface area contributed by atoms with Crippen LogP contribution in [0.1, 0.15) is 27.0 Å². The average molecular weight is 268 g/mol. The molecule has 3 heteroatoms. The Labute approximate surface area is 118 Å². The topological polar surface area (TPSA) is 46.5 Å². The number of ether oxygens (including phenoxy) is 1. The van der Waals surface area contributed by atoms with Gasteiger partial charge in [-0.25, -0.2) is 4.79 Å². The Kier molecular flexibility index (Phi) is 4.69. The summed E-state index contributed by atoms with van der Waals surface area (Å²) in [4.78, 5) is 11.3. The Bertz CT molecular complexity index is 595. The smallest absolute Gasteiger partial charge is 0.337 e. The number of hydrogen-bond donors (Lipinski definition) is 1. The number of benzene rings is 2. The van der Waals surface area contributed by atoms with Crippen LogP contribution in [0, 0.1) is 0 Å². The van der Waals surface area contributed by atoms with Crippen molar-refractivity contribution in [2.24, 2.45) is 0 Å². The number of aliphatic hydroxyl groups excluding tert-OH is 1. The van der Waals surface area contributed by atoms with E-state index in [0.717, 1.165) is 16.7 Å². The number of hydrogen-bond acceptors (Lipinski definition) is 3. The number of aliphatic hydroxyl groups is 1. The van der Waals surface area contributed by atoms with Gasteiger partial charge in [0, 0.05) is 0 Å². The Hall–Kier alpha value is -2.39. The van der Waals surface area contributed by atoms with Gasteiger partial charge in [0.2, 0.25) is 0 Å². The van der Waals surface area contributed by atoms with Crippen LogP contribution in [0.3, 0.4) is 0 Å². The van der Waals surface area contributed by atoms with Gasteiger partial charge < -0.3 is 9.84 Å². The van der Waals surface area contributed by atoms with E-state index in [0.29, 0.717) is 5.56 Å². The molecule has 0 aliphatic carbocycles. The fourth-order valence-electron chi connectivity index (χ4n) is 1.77. The number of carbonyl (C=O) groups excluding carboxylic acids is 1. The van der Waals surface area contributed by atoms with Crippen LogP contribution in [-0.2, 0) is 11.3 Å². The zero-order valence-corrected chi connectivity index (χ0v) is 11.2. The molecule has 3 nitrogen and oxygen atoms in total. The van der Waals surface area contributed by atoms with Crippen molar-refractivity contribution >= 4 is 18.1 Å². The van der Waals surface area contributed by atoms with Gasteiger partial charge in [-0.3, -0.25) is 0 Å². The molecule has 20 heavy (non-hydrogen) atoms. The molecule has 0 fully saturated rings. The first kappa shape index (κ1) is 14.0. The Morgan fingerprint density at radius 3 is 1.95 bits per heavy atom. The summed E-state index contributed by atoms with van der Waals surface area (Å²) in [5.74, 6) is -0.333. The van der Waals surface area contributed by atoms with Crippen LogP contribution in [0.5, 0.6) is 0 Å². The highest BCUT2D eigenvalue weighted by molar-refractivity contribution is 5.89. The van der Waals surface area contributed by atoms with E-state index in [1.54, 1.807) is 12.1 Å². The van der Waals surface area contributed by atoms with E-state index >= 15 is 0 Å². The summed E-state index contributed by atoms with van der Waals surface area (Å²) in [5.41, 5.74) is 3.49. The lowest BCUT2D eigenvalue weighted by atomic mass is 10.1. The van der Waals surface area contributed by atoms with E-state index in [1.165, 1.54) is 7.11 Å². The number of esters is 1. The summed E-state index contributed by atoms with van der Waals surface area (Å²) in [6, 6.07) is 14.9. The van der Waals surface area contributed by atoms with E-state index < -0.39 is 0 Å². The molecular formula is C17H16O3. The zero-order chi connectivity index (χ0) is 14.4. The Morgan fingerprint density at radius 1 is 1.00 bits per heavy atom. The van der Waals surface area contributed by atoms with Crippen molar-refractivity contribution in [2.45, 2.75) is 6.61 Å². The van der Waals surface area contributed by atoms with Crippen LogP contribution in [0.25, 0.3) is 12.2 Å². The van der Waals surface area contributed by atoms with Crippen molar-refractivity contribution in [2.75, 3.05) is 7.11 Å². The molecule has 102 valence electrons. The van der Waals surface area contributed by atoms with Crippen molar-refractivity contribution in [3.05, 3.63) is 70.8 Å². The van der Waals surface area contributed by atoms with E-state index in [9.17, 15) is 4.79 Å². The van der Waals surface area contributed by atoms with Crippen LogP contribution in [0.2, 0.25) is 0 Å². The van der Waals surface area contributed by atoms with Crippen molar-refractivity contribution in [3.8, 4) is 0 Å². The molecule has 0 aliphatic rings. The summed E-state index contributed by atoms with van der Waals surface area (Å²) < 4.78 is 4.65. The second-order valence-corrected chi connectivity index (χ2v) is 4.35. The lowest BCUT2D eigenvalue weighted by Gasteiger charge is -2.00. The van der Waals surface area contributed by atoms with Gasteiger partial charge in [0.05, 0.1) is 19.3 Å². The average Bonchev–Trinajstić information content (AvgIpc) is 2.53. The summed E-state index contributed by atoms with van der Waals surface area (Å²) in [7, 11) is 1.37. The van der Waals surface area contributed by atoms with E-state index in [2.05, 4.69) is 4.74 Å². The highest BCUT2D eigenvalue weighted by atomic mass is 16.5. The number of carbonyl (C=O) groups is 1. The van der Waals surface area contributed by atoms with Crippen molar-refractivity contribution in [1.29, 1.82) is 0 Å². The molecule has 0 saturated carbocycles. The summed E-state index contributed by atoms with van der Waals surface area (Å²) in [6.07, 6.45) is 3.95. The van der Waals surface area contributed by atoms with Gasteiger partial charge in [0.15, 0.2) is 0 Å². The monoisotopic (exact) mass is 268 g/mol. The lowest BCUT2D eigenvalue weighted by Crippen LogP contribution is -2.00. The molecule has 0 heterocycles. The predicted molar refractivity (Wildman–Crippen MR) is 79.1 cm³/mol. The van der Waals surface area contributed by atoms with Gasteiger partial charge >= 0.3 is 5.97 Å². The minimum atomic E-state index is -0.333. The van der Waals surface area contributed by atoms with Crippen LogP contribution in [-0.4, -0.2) is 18.2 Å². The third kappa shape index (κ3) is 3.56. The molecule has 0 aliphatic heterocycles. The second kappa shape index (κ2) is 6.68. The Morgan fingerprint density at radius 2 is 1.50 bits per heavy atom. The summed E-state index contributed by atoms with van der Waals surface area (Å²) >= 11 is 0. The first-order valence-corrected chi connectivity index (χ1v) is 6.29. The Balaban J connectivity index is 2.08. The highest BCUT2D eigenvalue weighted by Gasteiger charge is 2.02. The second-order valence-electron chi connectivity index (χ2n) is 4.35. The maximum atomic E-state index is 11.3. The van der Waals surface area contributed by atoms with Gasteiger partial charge in [-0.15, -0.1) is 0 Å². The molecule has 2 aromatic carbocycles. The van der Waals surface area contributed by atoms with Crippen LogP contribution in [0.15, 0.2) is 48.5 Å². The molecule has 1 N–H and O–H groups in total. The molecule has 0 saturated heterocycles. The molecule has 0 bridgehead atoms.